The van der Waals surface area contributed by atoms with E-state index in [0.29, 0.717) is 12.5 Å². The van der Waals surface area contributed by atoms with Crippen molar-refractivity contribution in [3.8, 4) is 5.75 Å². The summed E-state index contributed by atoms with van der Waals surface area (Å²) < 4.78 is 5.48. The third-order valence-corrected chi connectivity index (χ3v) is 4.25. The van der Waals surface area contributed by atoms with Crippen molar-refractivity contribution in [2.75, 3.05) is 26.3 Å². The fraction of sp³-hybridized carbons (Fsp3) is 0.444. The molecule has 0 radical (unpaired) electrons. The van der Waals surface area contributed by atoms with E-state index in [-0.39, 0.29) is 6.61 Å². The summed E-state index contributed by atoms with van der Waals surface area (Å²) in [7, 11) is 0. The molecule has 0 bridgehead atoms. The van der Waals surface area contributed by atoms with E-state index in [1.54, 1.807) is 12.4 Å². The van der Waals surface area contributed by atoms with E-state index in [9.17, 15) is 0 Å². The molecule has 23 heavy (non-hydrogen) atoms. The van der Waals surface area contributed by atoms with Crippen LogP contribution in [-0.4, -0.2) is 46.3 Å². The number of ether oxygens (including phenoxy) is 1. The van der Waals surface area contributed by atoms with Gasteiger partial charge in [-0.25, -0.2) is 0 Å². The highest BCUT2D eigenvalue weighted by Gasteiger charge is 2.21. The molecule has 1 aliphatic heterocycles. The van der Waals surface area contributed by atoms with E-state index in [0.717, 1.165) is 43.9 Å². The summed E-state index contributed by atoms with van der Waals surface area (Å²) in [5.74, 6) is 1.35. The van der Waals surface area contributed by atoms with Crippen LogP contribution in [0.3, 0.4) is 0 Å². The Balaban J connectivity index is 1.52. The van der Waals surface area contributed by atoms with Gasteiger partial charge in [0.2, 0.25) is 0 Å². The average Bonchev–Trinajstić information content (AvgIpc) is 2.62. The molecule has 122 valence electrons. The molecule has 1 aliphatic rings. The predicted octanol–water partition coefficient (Wildman–Crippen LogP) is 2.23. The van der Waals surface area contributed by atoms with Crippen LogP contribution >= 0.6 is 0 Å². The molecule has 1 N–H and O–H groups in total. The SMILES string of the molecule is OCCOc1cccc(CN2CCC(c3cnccn3)CC2)c1. The van der Waals surface area contributed by atoms with E-state index in [1.807, 2.05) is 18.3 Å². The minimum Gasteiger partial charge on any atom is -0.491 e. The third kappa shape index (κ3) is 4.50. The van der Waals surface area contributed by atoms with Gasteiger partial charge in [0.25, 0.3) is 0 Å². The molecule has 0 atom stereocenters. The fourth-order valence-electron chi connectivity index (χ4n) is 3.06. The Morgan fingerprint density at radius 2 is 2.09 bits per heavy atom. The van der Waals surface area contributed by atoms with Crippen molar-refractivity contribution in [3.63, 3.8) is 0 Å². The van der Waals surface area contributed by atoms with Gasteiger partial charge in [-0.05, 0) is 43.6 Å². The normalized spacial score (nSPS) is 16.4. The molecule has 1 fully saturated rings. The third-order valence-electron chi connectivity index (χ3n) is 4.25. The molecule has 5 nitrogen and oxygen atoms in total. The largest absolute Gasteiger partial charge is 0.491 e. The zero-order valence-corrected chi connectivity index (χ0v) is 13.3. The molecule has 0 spiro atoms. The summed E-state index contributed by atoms with van der Waals surface area (Å²) in [6.07, 6.45) is 7.64. The Bertz CT molecular complexity index is 598. The van der Waals surface area contributed by atoms with Gasteiger partial charge in [0.05, 0.1) is 12.3 Å². The van der Waals surface area contributed by atoms with Crippen molar-refractivity contribution in [2.45, 2.75) is 25.3 Å². The van der Waals surface area contributed by atoms with Crippen LogP contribution in [0.1, 0.15) is 30.0 Å². The zero-order chi connectivity index (χ0) is 15.9. The number of aromatic nitrogens is 2. The van der Waals surface area contributed by atoms with Crippen LogP contribution in [0.4, 0.5) is 0 Å². The summed E-state index contributed by atoms with van der Waals surface area (Å²) in [6.45, 7) is 3.46. The van der Waals surface area contributed by atoms with Crippen LogP contribution in [0.5, 0.6) is 5.75 Å². The Labute approximate surface area is 137 Å². The standard InChI is InChI=1S/C18H23N3O2/c22-10-11-23-17-3-1-2-15(12-17)14-21-8-4-16(5-9-21)18-13-19-6-7-20-18/h1-3,6-7,12-13,16,22H,4-5,8-11,14H2. The van der Waals surface area contributed by atoms with Crippen molar-refractivity contribution in [1.29, 1.82) is 0 Å². The summed E-state index contributed by atoms with van der Waals surface area (Å²) in [5.41, 5.74) is 2.37. The van der Waals surface area contributed by atoms with E-state index in [4.69, 9.17) is 9.84 Å². The predicted molar refractivity (Wildman–Crippen MR) is 88.3 cm³/mol. The molecule has 0 amide bonds. The van der Waals surface area contributed by atoms with Crippen molar-refractivity contribution < 1.29 is 9.84 Å². The summed E-state index contributed by atoms with van der Waals surface area (Å²) in [5, 5.41) is 8.83. The lowest BCUT2D eigenvalue weighted by molar-refractivity contribution is 0.197. The first-order valence-electron chi connectivity index (χ1n) is 8.16. The first-order valence-corrected chi connectivity index (χ1v) is 8.16. The second kappa shape index (κ2) is 8.04. The van der Waals surface area contributed by atoms with Crippen LogP contribution in [0.15, 0.2) is 42.9 Å². The number of hydrogen-bond donors (Lipinski definition) is 1. The highest BCUT2D eigenvalue weighted by Crippen LogP contribution is 2.27. The first-order chi connectivity index (χ1) is 11.3. The topological polar surface area (TPSA) is 58.5 Å². The maximum Gasteiger partial charge on any atom is 0.119 e. The summed E-state index contributed by atoms with van der Waals surface area (Å²) >= 11 is 0. The summed E-state index contributed by atoms with van der Waals surface area (Å²) in [6, 6.07) is 8.12. The van der Waals surface area contributed by atoms with Crippen molar-refractivity contribution in [1.82, 2.24) is 14.9 Å². The number of rotatable bonds is 6. The number of piperidine rings is 1. The lowest BCUT2D eigenvalue weighted by Gasteiger charge is -2.31. The highest BCUT2D eigenvalue weighted by molar-refractivity contribution is 5.28. The molecule has 2 aromatic rings. The molecule has 0 saturated carbocycles. The zero-order valence-electron chi connectivity index (χ0n) is 13.3. The number of hydrogen-bond acceptors (Lipinski definition) is 5. The van der Waals surface area contributed by atoms with Gasteiger partial charge in [0.15, 0.2) is 0 Å². The van der Waals surface area contributed by atoms with Crippen LogP contribution in [0, 0.1) is 0 Å². The lowest BCUT2D eigenvalue weighted by Crippen LogP contribution is -2.32. The van der Waals surface area contributed by atoms with Crippen LogP contribution in [-0.2, 0) is 6.54 Å². The number of nitrogens with zero attached hydrogens (tertiary/aromatic N) is 3. The molecule has 1 aromatic heterocycles. The van der Waals surface area contributed by atoms with E-state index < -0.39 is 0 Å². The molecule has 5 heteroatoms. The van der Waals surface area contributed by atoms with E-state index >= 15 is 0 Å². The van der Waals surface area contributed by atoms with Crippen LogP contribution < -0.4 is 4.74 Å². The monoisotopic (exact) mass is 313 g/mol. The Morgan fingerprint density at radius 1 is 1.22 bits per heavy atom. The van der Waals surface area contributed by atoms with Gasteiger partial charge in [-0.15, -0.1) is 0 Å². The number of benzene rings is 1. The molecule has 2 heterocycles. The molecule has 0 aliphatic carbocycles. The van der Waals surface area contributed by atoms with Gasteiger partial charge in [-0.3, -0.25) is 14.9 Å². The van der Waals surface area contributed by atoms with E-state index in [2.05, 4.69) is 27.0 Å². The second-order valence-corrected chi connectivity index (χ2v) is 5.90. The van der Waals surface area contributed by atoms with E-state index in [1.165, 1.54) is 5.56 Å². The number of aliphatic hydroxyl groups is 1. The van der Waals surface area contributed by atoms with Gasteiger partial charge >= 0.3 is 0 Å². The quantitative estimate of drug-likeness (QED) is 0.886. The van der Waals surface area contributed by atoms with Crippen LogP contribution in [0.2, 0.25) is 0 Å². The van der Waals surface area contributed by atoms with Crippen LogP contribution in [0.25, 0.3) is 0 Å². The summed E-state index contributed by atoms with van der Waals surface area (Å²) in [4.78, 5) is 11.1. The second-order valence-electron chi connectivity index (χ2n) is 5.90. The lowest BCUT2D eigenvalue weighted by atomic mass is 9.93. The Morgan fingerprint density at radius 3 is 2.83 bits per heavy atom. The fourth-order valence-corrected chi connectivity index (χ4v) is 3.06. The Kier molecular flexibility index (Phi) is 5.56. The van der Waals surface area contributed by atoms with Gasteiger partial charge in [0.1, 0.15) is 12.4 Å². The minimum absolute atomic E-state index is 0.0418. The maximum atomic E-state index is 8.83. The number of likely N-dealkylation sites (tertiary alicyclic amines) is 1. The van der Waals surface area contributed by atoms with Crippen molar-refractivity contribution >= 4 is 0 Å². The molecule has 3 rings (SSSR count). The van der Waals surface area contributed by atoms with Gasteiger partial charge < -0.3 is 9.84 Å². The molecular formula is C18H23N3O2. The Hall–Kier alpha value is -1.98. The first kappa shape index (κ1) is 15.9. The van der Waals surface area contributed by atoms with Gasteiger partial charge in [-0.2, -0.15) is 0 Å². The van der Waals surface area contributed by atoms with Crippen molar-refractivity contribution in [2.24, 2.45) is 0 Å². The molecule has 1 saturated heterocycles. The molecule has 0 unspecified atom stereocenters. The molecular weight excluding hydrogens is 290 g/mol. The average molecular weight is 313 g/mol. The van der Waals surface area contributed by atoms with Gasteiger partial charge in [-0.1, -0.05) is 12.1 Å². The van der Waals surface area contributed by atoms with Crippen molar-refractivity contribution in [3.05, 3.63) is 54.1 Å². The molecule has 1 aromatic carbocycles. The highest BCUT2D eigenvalue weighted by atomic mass is 16.5. The maximum absolute atomic E-state index is 8.83. The number of aliphatic hydroxyl groups excluding tert-OH is 1. The van der Waals surface area contributed by atoms with Gasteiger partial charge in [0, 0.05) is 31.1 Å². The minimum atomic E-state index is 0.0418. The smallest absolute Gasteiger partial charge is 0.119 e.